The van der Waals surface area contributed by atoms with Gasteiger partial charge in [-0.25, -0.2) is 9.67 Å². The Morgan fingerprint density at radius 1 is 1.25 bits per heavy atom. The van der Waals surface area contributed by atoms with Crippen LogP contribution in [-0.4, -0.2) is 32.7 Å². The summed E-state index contributed by atoms with van der Waals surface area (Å²) >= 11 is 0. The van der Waals surface area contributed by atoms with E-state index in [1.807, 2.05) is 35.2 Å². The molecule has 0 bridgehead atoms. The third-order valence-corrected chi connectivity index (χ3v) is 2.87. The van der Waals surface area contributed by atoms with Gasteiger partial charge in [0.15, 0.2) is 6.29 Å². The van der Waals surface area contributed by atoms with Crippen molar-refractivity contribution in [3.63, 3.8) is 0 Å². The summed E-state index contributed by atoms with van der Waals surface area (Å²) in [5.74, 6) is 1.29. The first-order chi connectivity index (χ1) is 9.81. The van der Waals surface area contributed by atoms with Crippen LogP contribution in [0.2, 0.25) is 0 Å². The van der Waals surface area contributed by atoms with E-state index in [-0.39, 0.29) is 0 Å². The smallest absolute Gasteiger partial charge is 0.213 e. The molecule has 0 aromatic carbocycles. The molecule has 0 fully saturated rings. The van der Waals surface area contributed by atoms with E-state index in [9.17, 15) is 4.79 Å². The minimum absolute atomic E-state index is 0.365. The van der Waals surface area contributed by atoms with Gasteiger partial charge in [0.05, 0.1) is 19.0 Å². The Hall–Kier alpha value is -2.89. The van der Waals surface area contributed by atoms with Gasteiger partial charge in [-0.15, -0.1) is 0 Å². The molecule has 0 N–H and O–H groups in total. The summed E-state index contributed by atoms with van der Waals surface area (Å²) in [6.07, 6.45) is 6.14. The molecule has 0 amide bonds. The van der Waals surface area contributed by atoms with Crippen LogP contribution < -0.4 is 4.74 Å². The highest BCUT2D eigenvalue weighted by Gasteiger charge is 2.11. The third kappa shape index (κ3) is 2.07. The first-order valence-electron chi connectivity index (χ1n) is 6.01. The van der Waals surface area contributed by atoms with Crippen LogP contribution in [0.4, 0.5) is 0 Å². The maximum atomic E-state index is 11.0. The lowest BCUT2D eigenvalue weighted by atomic mass is 10.4. The number of ether oxygens (including phenoxy) is 1. The average Bonchev–Trinajstić information content (AvgIpc) is 3.16. The second-order valence-electron chi connectivity index (χ2n) is 4.11. The summed E-state index contributed by atoms with van der Waals surface area (Å²) in [6, 6.07) is 9.11. The van der Waals surface area contributed by atoms with Crippen molar-refractivity contribution in [3.05, 3.63) is 54.6 Å². The molecule has 0 unspecified atom stereocenters. The molecule has 0 atom stereocenters. The summed E-state index contributed by atoms with van der Waals surface area (Å²) in [4.78, 5) is 15.1. The molecule has 20 heavy (non-hydrogen) atoms. The second-order valence-corrected chi connectivity index (χ2v) is 4.11. The molecule has 100 valence electrons. The van der Waals surface area contributed by atoms with E-state index in [1.165, 1.54) is 0 Å². The van der Waals surface area contributed by atoms with Crippen molar-refractivity contribution in [2.24, 2.45) is 0 Å². The minimum Gasteiger partial charge on any atom is -0.481 e. The number of hydrogen-bond donors (Lipinski definition) is 0. The zero-order chi connectivity index (χ0) is 13.9. The number of aldehydes is 1. The molecular weight excluding hydrogens is 256 g/mol. The predicted octanol–water partition coefficient (Wildman–Crippen LogP) is 1.88. The summed E-state index contributed by atoms with van der Waals surface area (Å²) in [5.41, 5.74) is 1.12. The lowest BCUT2D eigenvalue weighted by molar-refractivity contribution is 0.111. The van der Waals surface area contributed by atoms with Gasteiger partial charge in [-0.2, -0.15) is 5.10 Å². The molecule has 0 spiro atoms. The molecule has 3 heterocycles. The fourth-order valence-corrected chi connectivity index (χ4v) is 1.93. The van der Waals surface area contributed by atoms with Gasteiger partial charge in [-0.1, -0.05) is 0 Å². The Labute approximate surface area is 115 Å². The summed E-state index contributed by atoms with van der Waals surface area (Å²) < 4.78 is 8.57. The van der Waals surface area contributed by atoms with Crippen molar-refractivity contribution in [2.75, 3.05) is 7.11 Å². The van der Waals surface area contributed by atoms with E-state index in [4.69, 9.17) is 4.74 Å². The molecule has 3 aromatic heterocycles. The van der Waals surface area contributed by atoms with Crippen LogP contribution in [-0.2, 0) is 0 Å². The Kier molecular flexibility index (Phi) is 3.04. The SMILES string of the molecule is COc1ccc(-n2nc(C=O)cc2-n2cccc2)cn1. The van der Waals surface area contributed by atoms with Crippen molar-refractivity contribution in [3.8, 4) is 17.4 Å². The molecule has 3 aromatic rings. The van der Waals surface area contributed by atoms with Gasteiger partial charge in [0, 0.05) is 24.5 Å². The molecule has 6 nitrogen and oxygen atoms in total. The van der Waals surface area contributed by atoms with Crippen LogP contribution in [0.25, 0.3) is 11.5 Å². The Morgan fingerprint density at radius 2 is 2.05 bits per heavy atom. The van der Waals surface area contributed by atoms with Gasteiger partial charge in [0.25, 0.3) is 0 Å². The number of nitrogens with zero attached hydrogens (tertiary/aromatic N) is 4. The van der Waals surface area contributed by atoms with Crippen LogP contribution in [0.1, 0.15) is 10.5 Å². The van der Waals surface area contributed by atoms with Crippen molar-refractivity contribution >= 4 is 6.29 Å². The van der Waals surface area contributed by atoms with E-state index in [0.717, 1.165) is 17.8 Å². The summed E-state index contributed by atoms with van der Waals surface area (Å²) in [7, 11) is 1.56. The molecule has 0 saturated carbocycles. The van der Waals surface area contributed by atoms with Crippen LogP contribution in [0.3, 0.4) is 0 Å². The number of aromatic nitrogens is 4. The van der Waals surface area contributed by atoms with Crippen LogP contribution in [0.5, 0.6) is 5.88 Å². The maximum Gasteiger partial charge on any atom is 0.213 e. The van der Waals surface area contributed by atoms with Gasteiger partial charge < -0.3 is 9.30 Å². The molecule has 0 aliphatic carbocycles. The Bertz CT molecular complexity index is 714. The number of rotatable bonds is 4. The van der Waals surface area contributed by atoms with Gasteiger partial charge in [0.1, 0.15) is 11.5 Å². The molecule has 0 saturated heterocycles. The zero-order valence-corrected chi connectivity index (χ0v) is 10.8. The zero-order valence-electron chi connectivity index (χ0n) is 10.8. The standard InChI is InChI=1S/C14H12N4O2/c1-20-13-5-4-12(9-15-13)18-14(8-11(10-19)16-18)17-6-2-3-7-17/h2-10H,1H3. The van der Waals surface area contributed by atoms with Gasteiger partial charge in [-0.05, 0) is 18.2 Å². The predicted molar refractivity (Wildman–Crippen MR) is 72.6 cm³/mol. The molecule has 0 aliphatic rings. The first kappa shape index (κ1) is 12.2. The maximum absolute atomic E-state index is 11.0. The Balaban J connectivity index is 2.11. The van der Waals surface area contributed by atoms with Gasteiger partial charge in [-0.3, -0.25) is 4.79 Å². The Morgan fingerprint density at radius 3 is 2.65 bits per heavy atom. The largest absolute Gasteiger partial charge is 0.481 e. The highest BCUT2D eigenvalue weighted by atomic mass is 16.5. The number of carbonyl (C=O) groups is 1. The summed E-state index contributed by atoms with van der Waals surface area (Å²) in [5, 5.41) is 4.26. The molecule has 3 rings (SSSR count). The van der Waals surface area contributed by atoms with E-state index in [1.54, 1.807) is 30.1 Å². The van der Waals surface area contributed by atoms with Gasteiger partial charge >= 0.3 is 0 Å². The van der Waals surface area contributed by atoms with E-state index in [2.05, 4.69) is 10.1 Å². The highest BCUT2D eigenvalue weighted by molar-refractivity contribution is 5.73. The highest BCUT2D eigenvalue weighted by Crippen LogP contribution is 2.17. The number of hydrogen-bond acceptors (Lipinski definition) is 4. The van der Waals surface area contributed by atoms with E-state index >= 15 is 0 Å². The van der Waals surface area contributed by atoms with Crippen LogP contribution in [0, 0.1) is 0 Å². The second kappa shape index (κ2) is 5.00. The topological polar surface area (TPSA) is 61.9 Å². The molecule has 0 radical (unpaired) electrons. The normalized spacial score (nSPS) is 10.4. The quantitative estimate of drug-likeness (QED) is 0.678. The number of carbonyl (C=O) groups excluding carboxylic acids is 1. The third-order valence-electron chi connectivity index (χ3n) is 2.87. The summed E-state index contributed by atoms with van der Waals surface area (Å²) in [6.45, 7) is 0. The number of pyridine rings is 1. The van der Waals surface area contributed by atoms with Crippen LogP contribution >= 0.6 is 0 Å². The monoisotopic (exact) mass is 268 g/mol. The van der Waals surface area contributed by atoms with Crippen LogP contribution in [0.15, 0.2) is 48.9 Å². The molecule has 6 heteroatoms. The average molecular weight is 268 g/mol. The fraction of sp³-hybridized carbons (Fsp3) is 0.0714. The van der Waals surface area contributed by atoms with E-state index < -0.39 is 0 Å². The molecule has 0 aliphatic heterocycles. The van der Waals surface area contributed by atoms with Crippen molar-refractivity contribution in [1.82, 2.24) is 19.3 Å². The minimum atomic E-state index is 0.365. The lowest BCUT2D eigenvalue weighted by Gasteiger charge is -2.08. The molecular formula is C14H12N4O2. The number of methoxy groups -OCH3 is 1. The van der Waals surface area contributed by atoms with Crippen molar-refractivity contribution in [2.45, 2.75) is 0 Å². The van der Waals surface area contributed by atoms with Gasteiger partial charge in [0.2, 0.25) is 5.88 Å². The van der Waals surface area contributed by atoms with E-state index in [0.29, 0.717) is 11.6 Å². The van der Waals surface area contributed by atoms with Crippen molar-refractivity contribution in [1.29, 1.82) is 0 Å². The fourth-order valence-electron chi connectivity index (χ4n) is 1.93. The lowest BCUT2D eigenvalue weighted by Crippen LogP contribution is -2.04. The first-order valence-corrected chi connectivity index (χ1v) is 6.01. The van der Waals surface area contributed by atoms with Crippen molar-refractivity contribution < 1.29 is 9.53 Å².